The van der Waals surface area contributed by atoms with Gasteiger partial charge in [-0.25, -0.2) is 0 Å². The maximum Gasteiger partial charge on any atom is 0.308 e. The lowest BCUT2D eigenvalue weighted by molar-refractivity contribution is -0.132. The van der Waals surface area contributed by atoms with E-state index in [4.69, 9.17) is 4.74 Å². The molecule has 2 aliphatic rings. The van der Waals surface area contributed by atoms with Crippen LogP contribution in [0.3, 0.4) is 0 Å². The zero-order chi connectivity index (χ0) is 13.6. The minimum Gasteiger partial charge on any atom is -0.426 e. The Kier molecular flexibility index (Phi) is 2.66. The first-order valence-corrected chi connectivity index (χ1v) is 6.37. The Bertz CT molecular complexity index is 553. The van der Waals surface area contributed by atoms with E-state index in [2.05, 4.69) is 17.5 Å². The number of hydrogen-bond acceptors (Lipinski definition) is 3. The predicted octanol–water partition coefficient (Wildman–Crippen LogP) is 2.71. The second-order valence-electron chi connectivity index (χ2n) is 5.05. The molecule has 0 radical (unpaired) electrons. The van der Waals surface area contributed by atoms with E-state index >= 15 is 0 Å². The third kappa shape index (κ3) is 1.93. The van der Waals surface area contributed by atoms with Crippen molar-refractivity contribution in [3.8, 4) is 5.75 Å². The van der Waals surface area contributed by atoms with Crippen LogP contribution in [0.1, 0.15) is 43.2 Å². The molecule has 1 N–H and O–H groups in total. The number of ether oxygens (including phenoxy) is 1. The van der Waals surface area contributed by atoms with Crippen molar-refractivity contribution in [2.24, 2.45) is 0 Å². The molecule has 1 aromatic carbocycles. The van der Waals surface area contributed by atoms with Crippen molar-refractivity contribution >= 4 is 17.6 Å². The molecule has 1 amide bonds. The second-order valence-corrected chi connectivity index (χ2v) is 5.05. The van der Waals surface area contributed by atoms with Crippen molar-refractivity contribution in [1.82, 2.24) is 0 Å². The molecule has 0 heterocycles. The van der Waals surface area contributed by atoms with Crippen LogP contribution < -0.4 is 10.1 Å². The SMILES string of the molecule is CC(=O)Nc1ccc(OC(C)=O)c2c1[C@H]1C=C[C@H]2C1. The van der Waals surface area contributed by atoms with E-state index in [0.717, 1.165) is 23.2 Å². The number of nitrogens with one attached hydrogen (secondary N) is 1. The molecule has 0 saturated heterocycles. The van der Waals surface area contributed by atoms with Gasteiger partial charge in [0.25, 0.3) is 0 Å². The number of amides is 1. The van der Waals surface area contributed by atoms with Crippen LogP contribution in [-0.2, 0) is 9.59 Å². The van der Waals surface area contributed by atoms with Gasteiger partial charge < -0.3 is 10.1 Å². The zero-order valence-corrected chi connectivity index (χ0v) is 10.9. The number of fused-ring (bicyclic) bond motifs is 5. The van der Waals surface area contributed by atoms with Gasteiger partial charge in [-0.15, -0.1) is 0 Å². The first kappa shape index (κ1) is 12.0. The highest BCUT2D eigenvalue weighted by molar-refractivity contribution is 5.91. The van der Waals surface area contributed by atoms with Crippen molar-refractivity contribution in [3.05, 3.63) is 35.4 Å². The summed E-state index contributed by atoms with van der Waals surface area (Å²) in [5, 5.41) is 2.86. The molecule has 0 aromatic heterocycles. The number of allylic oxidation sites excluding steroid dienone is 2. The van der Waals surface area contributed by atoms with Crippen molar-refractivity contribution in [2.45, 2.75) is 32.1 Å². The summed E-state index contributed by atoms with van der Waals surface area (Å²) in [4.78, 5) is 22.4. The summed E-state index contributed by atoms with van der Waals surface area (Å²) >= 11 is 0. The fourth-order valence-corrected chi connectivity index (χ4v) is 3.07. The van der Waals surface area contributed by atoms with Gasteiger partial charge in [-0.05, 0) is 24.1 Å². The van der Waals surface area contributed by atoms with Gasteiger partial charge in [0.15, 0.2) is 0 Å². The number of hydrogen-bond donors (Lipinski definition) is 1. The predicted molar refractivity (Wildman–Crippen MR) is 71.3 cm³/mol. The van der Waals surface area contributed by atoms with E-state index in [-0.39, 0.29) is 11.9 Å². The fraction of sp³-hybridized carbons (Fsp3) is 0.333. The van der Waals surface area contributed by atoms with Crippen molar-refractivity contribution in [1.29, 1.82) is 0 Å². The Hall–Kier alpha value is -2.10. The van der Waals surface area contributed by atoms with E-state index < -0.39 is 0 Å². The lowest BCUT2D eigenvalue weighted by atomic mass is 9.94. The van der Waals surface area contributed by atoms with Gasteiger partial charge in [-0.3, -0.25) is 9.59 Å². The molecule has 1 aromatic rings. The third-order valence-corrected chi connectivity index (χ3v) is 3.64. The summed E-state index contributed by atoms with van der Waals surface area (Å²) in [5.41, 5.74) is 2.98. The fourth-order valence-electron chi connectivity index (χ4n) is 3.07. The number of carbonyl (C=O) groups excluding carboxylic acids is 2. The highest BCUT2D eigenvalue weighted by atomic mass is 16.5. The highest BCUT2D eigenvalue weighted by Gasteiger charge is 2.37. The lowest BCUT2D eigenvalue weighted by Gasteiger charge is -2.18. The van der Waals surface area contributed by atoms with Gasteiger partial charge in [0, 0.05) is 36.9 Å². The zero-order valence-electron chi connectivity index (χ0n) is 10.9. The standard InChI is InChI=1S/C15H15NO3/c1-8(17)16-12-5-6-13(19-9(2)18)15-11-4-3-10(7-11)14(12)15/h3-6,10-11H,7H2,1-2H3,(H,16,17)/t10-,11-/m0/s1. The lowest BCUT2D eigenvalue weighted by Crippen LogP contribution is -2.11. The van der Waals surface area contributed by atoms with Crippen LogP contribution in [0.2, 0.25) is 0 Å². The molecule has 19 heavy (non-hydrogen) atoms. The molecule has 4 heteroatoms. The topological polar surface area (TPSA) is 55.4 Å². The van der Waals surface area contributed by atoms with Crippen LogP contribution in [-0.4, -0.2) is 11.9 Å². The first-order chi connectivity index (χ1) is 9.06. The van der Waals surface area contributed by atoms with Crippen molar-refractivity contribution in [2.75, 3.05) is 5.32 Å². The van der Waals surface area contributed by atoms with Gasteiger partial charge in [0.2, 0.25) is 5.91 Å². The molecule has 0 spiro atoms. The molecule has 0 aliphatic heterocycles. The van der Waals surface area contributed by atoms with Crippen LogP contribution in [0, 0.1) is 0 Å². The largest absolute Gasteiger partial charge is 0.426 e. The molecular weight excluding hydrogens is 242 g/mol. The molecule has 2 bridgehead atoms. The van der Waals surface area contributed by atoms with Crippen molar-refractivity contribution in [3.63, 3.8) is 0 Å². The van der Waals surface area contributed by atoms with E-state index in [0.29, 0.717) is 17.6 Å². The smallest absolute Gasteiger partial charge is 0.308 e. The normalized spacial score (nSPS) is 22.2. The van der Waals surface area contributed by atoms with E-state index in [1.165, 1.54) is 13.8 Å². The van der Waals surface area contributed by atoms with E-state index in [1.54, 1.807) is 6.07 Å². The number of anilines is 1. The van der Waals surface area contributed by atoms with Gasteiger partial charge in [-0.1, -0.05) is 12.2 Å². The first-order valence-electron chi connectivity index (χ1n) is 6.37. The maximum absolute atomic E-state index is 11.3. The van der Waals surface area contributed by atoms with Gasteiger partial charge in [-0.2, -0.15) is 0 Å². The maximum atomic E-state index is 11.3. The summed E-state index contributed by atoms with van der Waals surface area (Å²) in [6, 6.07) is 3.58. The average Bonchev–Trinajstić information content (AvgIpc) is 2.91. The molecular formula is C15H15NO3. The molecule has 4 nitrogen and oxygen atoms in total. The Morgan fingerprint density at radius 3 is 2.47 bits per heavy atom. The molecule has 3 rings (SSSR count). The highest BCUT2D eigenvalue weighted by Crippen LogP contribution is 2.54. The number of rotatable bonds is 2. The summed E-state index contributed by atoms with van der Waals surface area (Å²) in [7, 11) is 0. The summed E-state index contributed by atoms with van der Waals surface area (Å²) < 4.78 is 5.28. The average molecular weight is 257 g/mol. The molecule has 2 aliphatic carbocycles. The minimum atomic E-state index is -0.318. The van der Waals surface area contributed by atoms with Gasteiger partial charge in [0.05, 0.1) is 0 Å². The van der Waals surface area contributed by atoms with E-state index in [1.807, 2.05) is 6.07 Å². The molecule has 0 saturated carbocycles. The quantitative estimate of drug-likeness (QED) is 0.503. The van der Waals surface area contributed by atoms with Crippen LogP contribution in [0.5, 0.6) is 5.75 Å². The van der Waals surface area contributed by atoms with Gasteiger partial charge in [0.1, 0.15) is 5.75 Å². The monoisotopic (exact) mass is 257 g/mol. The van der Waals surface area contributed by atoms with Crippen LogP contribution in [0.15, 0.2) is 24.3 Å². The summed E-state index contributed by atoms with van der Waals surface area (Å²) in [5.74, 6) is 0.823. The molecule has 0 unspecified atom stereocenters. The molecule has 2 atom stereocenters. The Balaban J connectivity index is 2.09. The van der Waals surface area contributed by atoms with Gasteiger partial charge >= 0.3 is 5.97 Å². The van der Waals surface area contributed by atoms with Crippen LogP contribution in [0.4, 0.5) is 5.69 Å². The molecule has 0 fully saturated rings. The van der Waals surface area contributed by atoms with Crippen LogP contribution >= 0.6 is 0 Å². The van der Waals surface area contributed by atoms with Crippen LogP contribution in [0.25, 0.3) is 0 Å². The number of benzene rings is 1. The minimum absolute atomic E-state index is 0.0887. The summed E-state index contributed by atoms with van der Waals surface area (Å²) in [6.07, 6.45) is 5.31. The van der Waals surface area contributed by atoms with Crippen molar-refractivity contribution < 1.29 is 14.3 Å². The Morgan fingerprint density at radius 2 is 1.84 bits per heavy atom. The second kappa shape index (κ2) is 4.23. The summed E-state index contributed by atoms with van der Waals surface area (Å²) in [6.45, 7) is 2.90. The molecule has 98 valence electrons. The third-order valence-electron chi connectivity index (χ3n) is 3.64. The van der Waals surface area contributed by atoms with E-state index in [9.17, 15) is 9.59 Å². The Morgan fingerprint density at radius 1 is 1.16 bits per heavy atom. The number of carbonyl (C=O) groups is 2. The Labute approximate surface area is 111 Å². The number of esters is 1.